The summed E-state index contributed by atoms with van der Waals surface area (Å²) in [6, 6.07) is 15.1. The molecule has 0 saturated heterocycles. The molecular weight excluding hydrogens is 1360 g/mol. The lowest BCUT2D eigenvalue weighted by molar-refractivity contribution is -0.462. The summed E-state index contributed by atoms with van der Waals surface area (Å²) >= 11 is 0. The molecule has 6 rings (SSSR count). The highest BCUT2D eigenvalue weighted by Crippen LogP contribution is 2.69. The highest BCUT2D eigenvalue weighted by atomic mass is 19.4. The molecule has 0 aromatic heterocycles. The molecule has 0 saturated carbocycles. The number of aryl methyl sites for hydroxylation is 2. The molecule has 0 N–H and O–H groups in total. The number of halogens is 34. The molecule has 93 heavy (non-hydrogen) atoms. The van der Waals surface area contributed by atoms with Crippen molar-refractivity contribution < 1.29 is 154 Å². The maximum absolute atomic E-state index is 17.6. The van der Waals surface area contributed by atoms with Crippen LogP contribution in [0.3, 0.4) is 0 Å². The predicted molar refractivity (Wildman–Crippen MR) is 258 cm³/mol. The van der Waals surface area contributed by atoms with Crippen molar-refractivity contribution in [1.82, 2.24) is 0 Å². The SMILES string of the molecule is CCc1ccc(C(OC(c2ccccc2)(c2ccccc2)c2ccc(CC)cc2C(F)(F)C(F)(F)C(F)(F)C(F)(F)C(F)(F)C(F)(F)C(F)(F)C(F)(F)F)(c2ccccc2)c2ccccc2)c(C(F)(F)C(F)(F)C(F)(F)C(F)(F)C(F)(F)C(F)(F)C(F)(F)C(F)(F)F)c1. The van der Waals surface area contributed by atoms with Crippen LogP contribution in [0, 0.1) is 0 Å². The molecule has 512 valence electrons. The molecule has 0 heterocycles. The number of hydrogen-bond donors (Lipinski definition) is 0. The van der Waals surface area contributed by atoms with Gasteiger partial charge in [-0.2, -0.15) is 149 Å². The van der Waals surface area contributed by atoms with Gasteiger partial charge in [0.1, 0.15) is 11.2 Å². The Morgan fingerprint density at radius 3 is 0.613 bits per heavy atom. The molecule has 6 aromatic carbocycles. The van der Waals surface area contributed by atoms with Gasteiger partial charge in [0.25, 0.3) is 0 Å². The van der Waals surface area contributed by atoms with Crippen LogP contribution < -0.4 is 0 Å². The number of alkyl halides is 34. The van der Waals surface area contributed by atoms with Gasteiger partial charge in [-0.1, -0.05) is 159 Å². The van der Waals surface area contributed by atoms with Gasteiger partial charge in [-0.05, 0) is 58.4 Å². The lowest BCUT2D eigenvalue weighted by atomic mass is 9.71. The molecule has 0 aliphatic heterocycles. The van der Waals surface area contributed by atoms with Crippen molar-refractivity contribution >= 4 is 0 Å². The normalized spacial score (nSPS) is 15.0. The summed E-state index contributed by atoms with van der Waals surface area (Å²) in [5.41, 5.74) is -24.6. The van der Waals surface area contributed by atoms with Gasteiger partial charge in [-0.15, -0.1) is 0 Å². The van der Waals surface area contributed by atoms with E-state index in [-0.39, 0.29) is 12.1 Å². The highest BCUT2D eigenvalue weighted by Gasteiger charge is 2.97. The molecule has 0 fully saturated rings. The second-order valence-electron chi connectivity index (χ2n) is 20.4. The van der Waals surface area contributed by atoms with E-state index in [1.807, 2.05) is 0 Å². The van der Waals surface area contributed by atoms with E-state index in [1.54, 1.807) is 0 Å². The Balaban J connectivity index is 1.86. The maximum Gasteiger partial charge on any atom is 0.460 e. The van der Waals surface area contributed by atoms with Crippen LogP contribution in [0.15, 0.2) is 158 Å². The summed E-state index contributed by atoms with van der Waals surface area (Å²) in [6.07, 6.45) is -18.0. The zero-order valence-corrected chi connectivity index (χ0v) is 45.7. The average Bonchev–Trinajstić information content (AvgIpc) is 0.697. The first kappa shape index (κ1) is 74.9. The molecule has 0 atom stereocenters. The summed E-state index contributed by atoms with van der Waals surface area (Å²) in [6.45, 7) is 1.77. The quantitative estimate of drug-likeness (QED) is 0.0433. The smallest absolute Gasteiger partial charge is 0.340 e. The summed E-state index contributed by atoms with van der Waals surface area (Å²) in [5, 5.41) is 0. The molecule has 6 aromatic rings. The molecule has 0 aliphatic rings. The Kier molecular flexibility index (Phi) is 18.8. The Morgan fingerprint density at radius 2 is 0.419 bits per heavy atom. The standard InChI is InChI=1S/C58H36F34O/c1-3-31-25-27-37(39(29-31)43(59,60)45(63,64)47(67,68)49(71,72)51(75,76)53(79,80)55(83,84)57(87,88)89)41(33-17-9-5-10-18-33,34-19-11-6-12-20-34)93-42(35-21-13-7-14-22-35,36-23-15-8-16-24-36)38-28-26-32(4-2)30-40(38)44(61,62)46(65,66)48(69,70)50(73,74)52(77,78)54(81,82)56(85,86)58(90,91)92/h5-30H,3-4H2,1-2H3. The Labute approximate surface area is 499 Å². The van der Waals surface area contributed by atoms with E-state index in [9.17, 15) is 79.0 Å². The van der Waals surface area contributed by atoms with E-state index < -0.39 is 187 Å². The first-order valence-electron chi connectivity index (χ1n) is 25.6. The summed E-state index contributed by atoms with van der Waals surface area (Å²) in [5.74, 6) is -123. The molecular formula is C58H36F34O. The minimum atomic E-state index is -9.21. The summed E-state index contributed by atoms with van der Waals surface area (Å²) in [4.78, 5) is 0. The summed E-state index contributed by atoms with van der Waals surface area (Å²) < 4.78 is 522. The first-order chi connectivity index (χ1) is 41.9. The highest BCUT2D eigenvalue weighted by molar-refractivity contribution is 5.58. The van der Waals surface area contributed by atoms with E-state index in [1.165, 1.54) is 0 Å². The van der Waals surface area contributed by atoms with Crippen LogP contribution in [0.5, 0.6) is 0 Å². The molecule has 35 heteroatoms. The van der Waals surface area contributed by atoms with Crippen LogP contribution in [0.25, 0.3) is 0 Å². The summed E-state index contributed by atoms with van der Waals surface area (Å²) in [7, 11) is 0. The molecule has 0 radical (unpaired) electrons. The lowest BCUT2D eigenvalue weighted by Crippen LogP contribution is -2.74. The van der Waals surface area contributed by atoms with Gasteiger partial charge in [0.2, 0.25) is 0 Å². The third-order valence-corrected chi connectivity index (χ3v) is 14.9. The zero-order chi connectivity index (χ0) is 71.3. The largest absolute Gasteiger partial charge is 0.460 e. The van der Waals surface area contributed by atoms with Crippen LogP contribution in [-0.4, -0.2) is 83.4 Å². The lowest BCUT2D eigenvalue weighted by Gasteiger charge is -2.49. The molecule has 0 amide bonds. The van der Waals surface area contributed by atoms with Crippen LogP contribution in [0.2, 0.25) is 0 Å². The fraction of sp³-hybridized carbons (Fsp3) is 0.379. The number of rotatable bonds is 24. The van der Waals surface area contributed by atoms with Gasteiger partial charge in [0.15, 0.2) is 0 Å². The van der Waals surface area contributed by atoms with Crippen LogP contribution >= 0.6 is 0 Å². The van der Waals surface area contributed by atoms with E-state index in [0.717, 1.165) is 86.6 Å². The van der Waals surface area contributed by atoms with Crippen molar-refractivity contribution in [3.63, 3.8) is 0 Å². The van der Waals surface area contributed by atoms with Gasteiger partial charge in [0, 0.05) is 22.3 Å². The van der Waals surface area contributed by atoms with E-state index in [2.05, 4.69) is 0 Å². The fourth-order valence-electron chi connectivity index (χ4n) is 9.64. The Morgan fingerprint density at radius 1 is 0.226 bits per heavy atom. The van der Waals surface area contributed by atoms with Gasteiger partial charge < -0.3 is 4.74 Å². The molecule has 0 bridgehead atoms. The molecule has 0 spiro atoms. The molecule has 0 aliphatic carbocycles. The van der Waals surface area contributed by atoms with Crippen LogP contribution in [0.4, 0.5) is 149 Å². The minimum Gasteiger partial charge on any atom is -0.340 e. The monoisotopic (exact) mass is 1390 g/mol. The van der Waals surface area contributed by atoms with Crippen molar-refractivity contribution in [2.75, 3.05) is 0 Å². The minimum absolute atomic E-state index is 0.0482. The molecule has 0 unspecified atom stereocenters. The number of ether oxygens (including phenoxy) is 1. The topological polar surface area (TPSA) is 9.23 Å². The van der Waals surface area contributed by atoms with Crippen molar-refractivity contribution in [3.8, 4) is 0 Å². The number of benzene rings is 6. The van der Waals surface area contributed by atoms with Crippen LogP contribution in [0.1, 0.15) is 69.5 Å². The van der Waals surface area contributed by atoms with E-state index in [0.29, 0.717) is 60.7 Å². The van der Waals surface area contributed by atoms with Crippen LogP contribution in [-0.2, 0) is 40.6 Å². The number of hydrogen-bond acceptors (Lipinski definition) is 1. The second kappa shape index (κ2) is 23.4. The Hall–Kier alpha value is -7.10. The van der Waals surface area contributed by atoms with Gasteiger partial charge in [-0.3, -0.25) is 0 Å². The first-order valence-corrected chi connectivity index (χ1v) is 25.6. The van der Waals surface area contributed by atoms with Gasteiger partial charge >= 0.3 is 95.3 Å². The van der Waals surface area contributed by atoms with E-state index in [4.69, 9.17) is 4.74 Å². The average molecular weight is 1390 g/mol. The maximum atomic E-state index is 17.6. The van der Waals surface area contributed by atoms with Crippen molar-refractivity contribution in [3.05, 3.63) is 213 Å². The third kappa shape index (κ3) is 10.6. The third-order valence-electron chi connectivity index (χ3n) is 14.9. The second-order valence-corrected chi connectivity index (χ2v) is 20.4. The van der Waals surface area contributed by atoms with Crippen molar-refractivity contribution in [2.45, 2.75) is 133 Å². The zero-order valence-electron chi connectivity index (χ0n) is 45.7. The van der Waals surface area contributed by atoms with Gasteiger partial charge in [-0.25, -0.2) is 0 Å². The van der Waals surface area contributed by atoms with Crippen molar-refractivity contribution in [1.29, 1.82) is 0 Å². The van der Waals surface area contributed by atoms with Crippen molar-refractivity contribution in [2.24, 2.45) is 0 Å². The molecule has 1 nitrogen and oxygen atoms in total. The Bertz CT molecular complexity index is 3260. The van der Waals surface area contributed by atoms with E-state index >= 15 is 70.2 Å². The predicted octanol–water partition coefficient (Wildman–Crippen LogP) is 21.0. The van der Waals surface area contributed by atoms with Gasteiger partial charge in [0.05, 0.1) is 0 Å². The fourth-order valence-corrected chi connectivity index (χ4v) is 9.64.